The van der Waals surface area contributed by atoms with Crippen molar-refractivity contribution in [3.8, 4) is 12.1 Å². The van der Waals surface area contributed by atoms with Crippen molar-refractivity contribution in [1.29, 1.82) is 10.5 Å². The summed E-state index contributed by atoms with van der Waals surface area (Å²) in [4.78, 5) is 18.8. The molecule has 3 rings (SSSR count). The average molecular weight is 489 g/mol. The Balaban J connectivity index is 2.08. The Hall–Kier alpha value is -3.28. The van der Waals surface area contributed by atoms with Crippen molar-refractivity contribution in [2.24, 2.45) is 11.5 Å². The van der Waals surface area contributed by atoms with Crippen LogP contribution in [-0.4, -0.2) is 30.0 Å². The molecule has 178 valence electrons. The van der Waals surface area contributed by atoms with Gasteiger partial charge in [0, 0.05) is 19.1 Å². The molecule has 7 nitrogen and oxygen atoms in total. The van der Waals surface area contributed by atoms with Crippen LogP contribution in [0.25, 0.3) is 0 Å². The summed E-state index contributed by atoms with van der Waals surface area (Å²) >= 11 is 0.892. The van der Waals surface area contributed by atoms with Crippen molar-refractivity contribution in [2.75, 3.05) is 18.0 Å². The number of primary amides is 1. The minimum Gasteiger partial charge on any atom is -0.368 e. The van der Waals surface area contributed by atoms with Crippen LogP contribution in [-0.2, 0) is 17.4 Å². The molecule has 34 heavy (non-hydrogen) atoms. The molecule has 0 aliphatic carbocycles. The summed E-state index contributed by atoms with van der Waals surface area (Å²) in [6, 6.07) is 8.43. The molecule has 1 aliphatic heterocycles. The van der Waals surface area contributed by atoms with E-state index < -0.39 is 22.9 Å². The van der Waals surface area contributed by atoms with E-state index in [-0.39, 0.29) is 22.2 Å². The predicted molar refractivity (Wildman–Crippen MR) is 122 cm³/mol. The molecule has 1 atom stereocenters. The first-order chi connectivity index (χ1) is 16.1. The van der Waals surface area contributed by atoms with Gasteiger partial charge in [-0.1, -0.05) is 30.8 Å². The first kappa shape index (κ1) is 25.3. The largest absolute Gasteiger partial charge is 0.416 e. The summed E-state index contributed by atoms with van der Waals surface area (Å²) in [5, 5.41) is 18.8. The number of anilines is 1. The van der Waals surface area contributed by atoms with E-state index in [0.717, 1.165) is 23.9 Å². The molecule has 1 aliphatic rings. The van der Waals surface area contributed by atoms with Crippen LogP contribution in [0.5, 0.6) is 0 Å². The van der Waals surface area contributed by atoms with E-state index in [1.165, 1.54) is 12.1 Å². The molecule has 1 amide bonds. The van der Waals surface area contributed by atoms with Crippen molar-refractivity contribution in [3.05, 3.63) is 52.1 Å². The lowest BCUT2D eigenvalue weighted by molar-refractivity contribution is -0.137. The molecule has 0 radical (unpaired) electrons. The highest BCUT2D eigenvalue weighted by Gasteiger charge is 2.32. The van der Waals surface area contributed by atoms with E-state index in [9.17, 15) is 28.5 Å². The van der Waals surface area contributed by atoms with Gasteiger partial charge in [0.05, 0.1) is 16.7 Å². The molecule has 1 unspecified atom stereocenters. The first-order valence-electron chi connectivity index (χ1n) is 10.6. The minimum absolute atomic E-state index is 0.0542. The third-order valence-corrected chi connectivity index (χ3v) is 6.95. The fraction of sp³-hybridized carbons (Fsp3) is 0.391. The first-order valence-corrected chi connectivity index (χ1v) is 11.5. The van der Waals surface area contributed by atoms with E-state index in [1.807, 2.05) is 11.8 Å². The van der Waals surface area contributed by atoms with Crippen LogP contribution >= 0.6 is 11.8 Å². The molecular weight excluding hydrogens is 465 g/mol. The Morgan fingerprint density at radius 3 is 2.26 bits per heavy atom. The fourth-order valence-electron chi connectivity index (χ4n) is 3.86. The van der Waals surface area contributed by atoms with Gasteiger partial charge in [0.1, 0.15) is 28.2 Å². The number of halogens is 3. The van der Waals surface area contributed by atoms with E-state index in [0.29, 0.717) is 49.3 Å². The number of aromatic nitrogens is 1. The summed E-state index contributed by atoms with van der Waals surface area (Å²) in [7, 11) is 0. The van der Waals surface area contributed by atoms with E-state index in [1.54, 1.807) is 0 Å². The van der Waals surface area contributed by atoms with Crippen LogP contribution in [0, 0.1) is 22.7 Å². The summed E-state index contributed by atoms with van der Waals surface area (Å²) < 4.78 is 38.8. The van der Waals surface area contributed by atoms with Gasteiger partial charge in [-0.25, -0.2) is 4.98 Å². The molecule has 1 aromatic carbocycles. The van der Waals surface area contributed by atoms with Gasteiger partial charge in [0.15, 0.2) is 0 Å². The number of pyridine rings is 1. The quantitative estimate of drug-likeness (QED) is 0.593. The molecule has 1 fully saturated rings. The second-order valence-electron chi connectivity index (χ2n) is 7.89. The number of rotatable bonds is 6. The Morgan fingerprint density at radius 2 is 1.79 bits per heavy atom. The zero-order valence-corrected chi connectivity index (χ0v) is 19.2. The van der Waals surface area contributed by atoms with Gasteiger partial charge >= 0.3 is 6.18 Å². The van der Waals surface area contributed by atoms with Gasteiger partial charge < -0.3 is 16.4 Å². The topological polar surface area (TPSA) is 133 Å². The molecule has 0 spiro atoms. The van der Waals surface area contributed by atoms with Gasteiger partial charge in [-0.2, -0.15) is 23.7 Å². The highest BCUT2D eigenvalue weighted by molar-refractivity contribution is 8.00. The number of piperidine rings is 1. The van der Waals surface area contributed by atoms with Crippen molar-refractivity contribution < 1.29 is 18.0 Å². The lowest BCUT2D eigenvalue weighted by Crippen LogP contribution is -2.40. The van der Waals surface area contributed by atoms with Crippen LogP contribution in [0.15, 0.2) is 29.3 Å². The number of nitriles is 2. The number of alkyl halides is 3. The number of thioether (sulfide) groups is 1. The van der Waals surface area contributed by atoms with E-state index in [2.05, 4.69) is 17.1 Å². The number of hydrogen-bond donors (Lipinski definition) is 2. The molecule has 11 heteroatoms. The molecule has 2 aromatic rings. The van der Waals surface area contributed by atoms with Crippen LogP contribution in [0.2, 0.25) is 0 Å². The van der Waals surface area contributed by atoms with Crippen LogP contribution in [0.3, 0.4) is 0 Å². The second kappa shape index (κ2) is 10.3. The summed E-state index contributed by atoms with van der Waals surface area (Å²) in [5.74, 6) is -0.383. The number of hydrogen-bond acceptors (Lipinski definition) is 7. The number of benzene rings is 1. The van der Waals surface area contributed by atoms with E-state index in [4.69, 9.17) is 11.5 Å². The van der Waals surface area contributed by atoms with Gasteiger partial charge in [-0.15, -0.1) is 0 Å². The monoisotopic (exact) mass is 488 g/mol. The van der Waals surface area contributed by atoms with Crippen LogP contribution in [0.4, 0.5) is 19.0 Å². The van der Waals surface area contributed by atoms with Crippen molar-refractivity contribution in [1.82, 2.24) is 4.98 Å². The van der Waals surface area contributed by atoms with Gasteiger partial charge in [-0.05, 0) is 42.5 Å². The van der Waals surface area contributed by atoms with Gasteiger partial charge in [-0.3, -0.25) is 4.79 Å². The highest BCUT2D eigenvalue weighted by Crippen LogP contribution is 2.40. The summed E-state index contributed by atoms with van der Waals surface area (Å²) in [6.07, 6.45) is -2.71. The number of amides is 1. The van der Waals surface area contributed by atoms with Crippen molar-refractivity contribution in [3.63, 3.8) is 0 Å². The molecular formula is C23H23F3N6OS. The molecule has 0 bridgehead atoms. The number of carbonyl (C=O) groups excluding carboxylic acids is 1. The maximum atomic E-state index is 12.9. The predicted octanol–water partition coefficient (Wildman–Crippen LogP) is 3.65. The molecule has 1 saturated heterocycles. The smallest absolute Gasteiger partial charge is 0.368 e. The lowest BCUT2D eigenvalue weighted by atomic mass is 10.00. The van der Waals surface area contributed by atoms with Gasteiger partial charge in [0.25, 0.3) is 0 Å². The fourth-order valence-corrected chi connectivity index (χ4v) is 4.92. The Morgan fingerprint density at radius 1 is 1.21 bits per heavy atom. The number of nitrogens with two attached hydrogens (primary N) is 2. The summed E-state index contributed by atoms with van der Waals surface area (Å²) in [6.45, 7) is 2.98. The normalized spacial score (nSPS) is 15.4. The van der Waals surface area contributed by atoms with Crippen LogP contribution < -0.4 is 16.4 Å². The zero-order chi connectivity index (χ0) is 25.0. The second-order valence-corrected chi connectivity index (χ2v) is 8.98. The highest BCUT2D eigenvalue weighted by atomic mass is 32.2. The Kier molecular flexibility index (Phi) is 7.70. The third-order valence-electron chi connectivity index (χ3n) is 5.69. The van der Waals surface area contributed by atoms with Crippen LogP contribution in [0.1, 0.15) is 52.8 Å². The van der Waals surface area contributed by atoms with Gasteiger partial charge in [0.2, 0.25) is 5.91 Å². The van der Waals surface area contributed by atoms with Crippen molar-refractivity contribution in [2.45, 2.75) is 48.7 Å². The Labute approximate surface area is 199 Å². The number of nitrogens with zero attached hydrogens (tertiary/aromatic N) is 4. The third kappa shape index (κ3) is 5.27. The molecule has 4 N–H and O–H groups in total. The lowest BCUT2D eigenvalue weighted by Gasteiger charge is -2.32. The Bertz CT molecular complexity index is 1150. The number of carbonyl (C=O) groups is 1. The standard InChI is InChI=1S/C23H23F3N6OS/c1-2-16-17(11-27)21(32-9-7-15(29)8-10-32)31-22(18(16)12-28)34-19(20(30)33)13-3-5-14(6-4-13)23(24,25)26/h3-6,15,19H,2,7-10,29H2,1H3,(H2,30,33). The summed E-state index contributed by atoms with van der Waals surface area (Å²) in [5.41, 5.74) is 11.9. The SMILES string of the molecule is CCc1c(C#N)c(SC(C(N)=O)c2ccc(C(F)(F)F)cc2)nc(N2CCC(N)CC2)c1C#N. The molecule has 1 aromatic heterocycles. The minimum atomic E-state index is -4.52. The maximum Gasteiger partial charge on any atom is 0.416 e. The molecule has 0 saturated carbocycles. The maximum absolute atomic E-state index is 12.9. The average Bonchev–Trinajstić information content (AvgIpc) is 2.81. The van der Waals surface area contributed by atoms with E-state index >= 15 is 0 Å². The van der Waals surface area contributed by atoms with Crippen molar-refractivity contribution >= 4 is 23.5 Å². The molecule has 2 heterocycles. The zero-order valence-electron chi connectivity index (χ0n) is 18.4.